The van der Waals surface area contributed by atoms with Crippen molar-refractivity contribution in [3.8, 4) is 0 Å². The number of aliphatic hydroxyl groups excluding tert-OH is 1. The van der Waals surface area contributed by atoms with Gasteiger partial charge in [-0.15, -0.1) is 0 Å². The number of rotatable bonds is 3. The van der Waals surface area contributed by atoms with Crippen LogP contribution in [0.5, 0.6) is 0 Å². The quantitative estimate of drug-likeness (QED) is 0.397. The summed E-state index contributed by atoms with van der Waals surface area (Å²) in [5.41, 5.74) is -0.200. The molecule has 0 radical (unpaired) electrons. The van der Waals surface area contributed by atoms with Gasteiger partial charge in [-0.25, -0.2) is 4.79 Å². The van der Waals surface area contributed by atoms with E-state index in [1.54, 1.807) is 6.08 Å². The molecule has 8 unspecified atom stereocenters. The maximum Gasteiger partial charge on any atom is 0.331 e. The smallest absolute Gasteiger partial charge is 0.331 e. The molecule has 182 valence electrons. The molecule has 1 heterocycles. The third-order valence-corrected chi connectivity index (χ3v) is 9.14. The average Bonchev–Trinajstić information content (AvgIpc) is 3.57. The van der Waals surface area contributed by atoms with Crippen LogP contribution in [-0.2, 0) is 19.1 Å². The zero-order valence-electron chi connectivity index (χ0n) is 20.8. The monoisotopic (exact) mass is 464 g/mol. The lowest BCUT2D eigenvalue weighted by Gasteiger charge is -2.34. The number of ketones is 1. The van der Waals surface area contributed by atoms with Gasteiger partial charge in [0.05, 0.1) is 23.7 Å². The van der Waals surface area contributed by atoms with E-state index in [1.807, 2.05) is 44.2 Å². The number of hydrogen-bond acceptors (Lipinski definition) is 5. The van der Waals surface area contributed by atoms with Crippen LogP contribution in [0.3, 0.4) is 0 Å². The molecule has 0 bridgehead atoms. The molecule has 1 N–H and O–H groups in total. The van der Waals surface area contributed by atoms with Gasteiger partial charge in [-0.05, 0) is 67.1 Å². The molecule has 3 aliphatic carbocycles. The molecule has 5 rings (SSSR count). The summed E-state index contributed by atoms with van der Waals surface area (Å²) in [6.07, 6.45) is 6.26. The lowest BCUT2D eigenvalue weighted by molar-refractivity contribution is -0.168. The summed E-state index contributed by atoms with van der Waals surface area (Å²) >= 11 is 0. The fourth-order valence-corrected chi connectivity index (χ4v) is 6.83. The summed E-state index contributed by atoms with van der Waals surface area (Å²) < 4.78 is 12.3. The number of ether oxygens (including phenoxy) is 2. The second-order valence-corrected chi connectivity index (χ2v) is 11.8. The minimum atomic E-state index is -1.43. The minimum Gasteiger partial charge on any atom is -0.447 e. The second kappa shape index (κ2) is 7.89. The summed E-state index contributed by atoms with van der Waals surface area (Å²) in [7, 11) is 0. The summed E-state index contributed by atoms with van der Waals surface area (Å²) in [5, 5.41) is 11.2. The van der Waals surface area contributed by atoms with Gasteiger partial charge in [-0.1, -0.05) is 57.2 Å². The Morgan fingerprint density at radius 2 is 1.91 bits per heavy atom. The fraction of sp³-hybridized carbons (Fsp3) is 0.586. The lowest BCUT2D eigenvalue weighted by Crippen LogP contribution is -2.52. The van der Waals surface area contributed by atoms with E-state index in [0.29, 0.717) is 23.8 Å². The molecule has 8 atom stereocenters. The molecule has 34 heavy (non-hydrogen) atoms. The molecule has 1 aliphatic heterocycles. The van der Waals surface area contributed by atoms with Gasteiger partial charge in [0.25, 0.3) is 0 Å². The number of epoxide rings is 1. The fourth-order valence-electron chi connectivity index (χ4n) is 6.83. The summed E-state index contributed by atoms with van der Waals surface area (Å²) in [5.74, 6) is -0.704. The molecule has 5 heteroatoms. The van der Waals surface area contributed by atoms with Crippen LogP contribution in [0.1, 0.15) is 59.4 Å². The SMILES string of the molecule is C/C1=C/C2C(CCC3(C)OC3C3C(O)C(C)CC3(OC(=O)/C=C/c3ccccc3)C1=O)C2(C)C. The van der Waals surface area contributed by atoms with E-state index >= 15 is 0 Å². The maximum atomic E-state index is 14.1. The Morgan fingerprint density at radius 3 is 2.62 bits per heavy atom. The first-order valence-electron chi connectivity index (χ1n) is 12.5. The number of aliphatic hydroxyl groups is 1. The standard InChI is InChI=1S/C29H36O5/c1-17-15-21-20(27(21,3)4)13-14-28(5)26(34-28)23-24(31)18(2)16-29(23,25(17)32)33-22(30)12-11-19-9-7-6-8-10-19/h6-12,15,18,20-21,23-24,26,31H,13-14,16H2,1-5H3/b12-11+,17-15-. The lowest BCUT2D eigenvalue weighted by atomic mass is 9.77. The third kappa shape index (κ3) is 3.68. The number of fused-ring (bicyclic) bond motifs is 4. The van der Waals surface area contributed by atoms with E-state index in [2.05, 4.69) is 26.8 Å². The van der Waals surface area contributed by atoms with Crippen molar-refractivity contribution in [2.24, 2.45) is 29.1 Å². The van der Waals surface area contributed by atoms with Gasteiger partial charge in [-0.3, -0.25) is 4.79 Å². The number of esters is 1. The molecular formula is C29H36O5. The van der Waals surface area contributed by atoms with Crippen LogP contribution in [-0.4, -0.2) is 40.3 Å². The number of Topliss-reactive ketones (excluding diaryl/α,β-unsaturated/α-hetero) is 1. The summed E-state index contributed by atoms with van der Waals surface area (Å²) in [4.78, 5) is 27.2. The van der Waals surface area contributed by atoms with Crippen LogP contribution in [0.15, 0.2) is 48.1 Å². The minimum absolute atomic E-state index is 0.144. The van der Waals surface area contributed by atoms with Crippen molar-refractivity contribution in [3.63, 3.8) is 0 Å². The van der Waals surface area contributed by atoms with E-state index < -0.39 is 29.2 Å². The van der Waals surface area contributed by atoms with Crippen LogP contribution in [0, 0.1) is 29.1 Å². The summed E-state index contributed by atoms with van der Waals surface area (Å²) in [6, 6.07) is 9.50. The number of allylic oxidation sites excluding steroid dienone is 1. The van der Waals surface area contributed by atoms with E-state index in [4.69, 9.17) is 9.47 Å². The van der Waals surface area contributed by atoms with Crippen molar-refractivity contribution >= 4 is 17.8 Å². The van der Waals surface area contributed by atoms with Crippen molar-refractivity contribution in [1.82, 2.24) is 0 Å². The Labute approximate surface area is 202 Å². The van der Waals surface area contributed by atoms with Crippen molar-refractivity contribution in [2.75, 3.05) is 0 Å². The normalized spacial score (nSPS) is 44.2. The highest BCUT2D eigenvalue weighted by Crippen LogP contribution is 2.64. The first-order valence-corrected chi connectivity index (χ1v) is 12.5. The maximum absolute atomic E-state index is 14.1. The molecule has 4 aliphatic rings. The van der Waals surface area contributed by atoms with Gasteiger partial charge >= 0.3 is 5.97 Å². The Kier molecular flexibility index (Phi) is 5.45. The molecule has 3 fully saturated rings. The van der Waals surface area contributed by atoms with Crippen LogP contribution < -0.4 is 0 Å². The van der Waals surface area contributed by atoms with Crippen LogP contribution in [0.25, 0.3) is 6.08 Å². The van der Waals surface area contributed by atoms with Gasteiger partial charge in [0.1, 0.15) is 0 Å². The van der Waals surface area contributed by atoms with Crippen molar-refractivity contribution < 1.29 is 24.2 Å². The van der Waals surface area contributed by atoms with Crippen molar-refractivity contribution in [2.45, 2.75) is 77.3 Å². The van der Waals surface area contributed by atoms with Crippen LogP contribution in [0.4, 0.5) is 0 Å². The molecule has 1 aromatic rings. The molecule has 0 spiro atoms. The Balaban J connectivity index is 1.53. The molecule has 5 nitrogen and oxygen atoms in total. The van der Waals surface area contributed by atoms with E-state index in [-0.39, 0.29) is 23.2 Å². The highest BCUT2D eigenvalue weighted by atomic mass is 16.6. The van der Waals surface area contributed by atoms with Gasteiger partial charge < -0.3 is 14.6 Å². The first kappa shape index (κ1) is 23.5. The van der Waals surface area contributed by atoms with Crippen LogP contribution >= 0.6 is 0 Å². The Morgan fingerprint density at radius 1 is 1.21 bits per heavy atom. The largest absolute Gasteiger partial charge is 0.447 e. The first-order chi connectivity index (χ1) is 16.0. The van der Waals surface area contributed by atoms with E-state index in [0.717, 1.165) is 18.4 Å². The molecular weight excluding hydrogens is 428 g/mol. The highest BCUT2D eigenvalue weighted by Gasteiger charge is 2.71. The predicted molar refractivity (Wildman–Crippen MR) is 130 cm³/mol. The predicted octanol–water partition coefficient (Wildman–Crippen LogP) is 4.74. The molecule has 2 saturated carbocycles. The number of carbonyl (C=O) groups is 2. The molecule has 1 saturated heterocycles. The number of benzene rings is 1. The molecule has 0 amide bonds. The zero-order chi connectivity index (χ0) is 24.5. The Bertz CT molecular complexity index is 1060. The second-order valence-electron chi connectivity index (χ2n) is 11.8. The van der Waals surface area contributed by atoms with E-state index in [1.165, 1.54) is 6.08 Å². The van der Waals surface area contributed by atoms with Crippen molar-refractivity contribution in [3.05, 3.63) is 53.6 Å². The molecule has 1 aromatic carbocycles. The third-order valence-electron chi connectivity index (χ3n) is 9.14. The number of carbonyl (C=O) groups excluding carboxylic acids is 2. The van der Waals surface area contributed by atoms with Gasteiger partial charge in [0.2, 0.25) is 5.78 Å². The topological polar surface area (TPSA) is 76.1 Å². The highest BCUT2D eigenvalue weighted by molar-refractivity contribution is 6.04. The van der Waals surface area contributed by atoms with Crippen LogP contribution in [0.2, 0.25) is 0 Å². The van der Waals surface area contributed by atoms with Crippen molar-refractivity contribution in [1.29, 1.82) is 0 Å². The average molecular weight is 465 g/mol. The van der Waals surface area contributed by atoms with E-state index in [9.17, 15) is 14.7 Å². The Hall–Kier alpha value is -2.24. The van der Waals surface area contributed by atoms with Gasteiger partial charge in [0, 0.05) is 12.5 Å². The summed E-state index contributed by atoms with van der Waals surface area (Å²) in [6.45, 7) is 10.3. The zero-order valence-corrected chi connectivity index (χ0v) is 20.8. The number of hydrogen-bond donors (Lipinski definition) is 1. The molecule has 0 aromatic heterocycles. The van der Waals surface area contributed by atoms with Gasteiger partial charge in [-0.2, -0.15) is 0 Å². The van der Waals surface area contributed by atoms with Gasteiger partial charge in [0.15, 0.2) is 5.60 Å².